The van der Waals surface area contributed by atoms with E-state index in [1.807, 2.05) is 13.1 Å². The molecule has 0 amide bonds. The van der Waals surface area contributed by atoms with Gasteiger partial charge in [-0.3, -0.25) is 4.99 Å². The predicted octanol–water partition coefficient (Wildman–Crippen LogP) is 4.88. The maximum Gasteiger partial charge on any atom is 0.162 e. The lowest BCUT2D eigenvalue weighted by Gasteiger charge is -2.36. The highest BCUT2D eigenvalue weighted by Crippen LogP contribution is 2.34. The second-order valence-electron chi connectivity index (χ2n) is 10.3. The Morgan fingerprint density at radius 2 is 1.79 bits per heavy atom. The van der Waals surface area contributed by atoms with E-state index < -0.39 is 0 Å². The van der Waals surface area contributed by atoms with Crippen molar-refractivity contribution in [2.45, 2.75) is 60.4 Å². The summed E-state index contributed by atoms with van der Waals surface area (Å²) in [6, 6.07) is 6.43. The lowest BCUT2D eigenvalue weighted by atomic mass is 9.97. The molecule has 0 saturated carbocycles. The molecule has 34 heavy (non-hydrogen) atoms. The molecular formula is C28H40N6. The maximum atomic E-state index is 6.29. The number of aryl methyl sites for hydroxylation is 2. The second kappa shape index (κ2) is 10.2. The number of allylic oxidation sites excluding steroid dienone is 1. The minimum absolute atomic E-state index is 0.294. The molecule has 0 unspecified atom stereocenters. The molecule has 0 radical (unpaired) electrons. The molecule has 2 aromatic rings. The fraction of sp³-hybridized carbons (Fsp3) is 0.536. The molecule has 1 aromatic carbocycles. The van der Waals surface area contributed by atoms with Gasteiger partial charge in [0.15, 0.2) is 5.82 Å². The SMILES string of the molecule is CN=C(C=C(N)C(C)C)N1CCc2nc(-c3c(C)cccc3C)nc(N3CCC(C)CC3)c2C1. The van der Waals surface area contributed by atoms with Crippen LogP contribution in [0, 0.1) is 25.7 Å². The topological polar surface area (TPSA) is 70.6 Å². The fourth-order valence-electron chi connectivity index (χ4n) is 4.97. The van der Waals surface area contributed by atoms with Crippen molar-refractivity contribution in [2.75, 3.05) is 31.6 Å². The lowest BCUT2D eigenvalue weighted by molar-refractivity contribution is 0.386. The number of benzene rings is 1. The number of fused-ring (bicyclic) bond motifs is 1. The van der Waals surface area contributed by atoms with Crippen molar-refractivity contribution in [2.24, 2.45) is 22.6 Å². The molecule has 2 aliphatic heterocycles. The fourth-order valence-corrected chi connectivity index (χ4v) is 4.97. The smallest absolute Gasteiger partial charge is 0.162 e. The first-order valence-corrected chi connectivity index (χ1v) is 12.7. The summed E-state index contributed by atoms with van der Waals surface area (Å²) in [5.74, 6) is 3.98. The van der Waals surface area contributed by atoms with Gasteiger partial charge in [-0.1, -0.05) is 39.0 Å². The van der Waals surface area contributed by atoms with E-state index in [1.165, 1.54) is 40.8 Å². The molecule has 1 aromatic heterocycles. The molecule has 3 heterocycles. The molecule has 6 heteroatoms. The number of aliphatic imine (C=N–C) groups is 1. The molecule has 1 saturated heterocycles. The number of amidine groups is 1. The minimum atomic E-state index is 0.294. The minimum Gasteiger partial charge on any atom is -0.402 e. The van der Waals surface area contributed by atoms with Gasteiger partial charge in [0.1, 0.15) is 11.7 Å². The van der Waals surface area contributed by atoms with Crippen molar-refractivity contribution in [3.63, 3.8) is 0 Å². The van der Waals surface area contributed by atoms with Crippen LogP contribution in [0.3, 0.4) is 0 Å². The summed E-state index contributed by atoms with van der Waals surface area (Å²) in [6.07, 6.45) is 5.32. The number of aromatic nitrogens is 2. The lowest BCUT2D eigenvalue weighted by Crippen LogP contribution is -2.39. The molecular weight excluding hydrogens is 420 g/mol. The Hall–Kier alpha value is -2.89. The van der Waals surface area contributed by atoms with Crippen LogP contribution in [0.4, 0.5) is 5.82 Å². The van der Waals surface area contributed by atoms with Crippen LogP contribution >= 0.6 is 0 Å². The Labute approximate surface area is 205 Å². The summed E-state index contributed by atoms with van der Waals surface area (Å²) in [4.78, 5) is 19.8. The summed E-state index contributed by atoms with van der Waals surface area (Å²) in [7, 11) is 1.85. The van der Waals surface area contributed by atoms with Crippen LogP contribution in [0.1, 0.15) is 56.0 Å². The number of piperidine rings is 1. The van der Waals surface area contributed by atoms with Gasteiger partial charge in [0, 0.05) is 56.5 Å². The first-order chi connectivity index (χ1) is 16.3. The summed E-state index contributed by atoms with van der Waals surface area (Å²) >= 11 is 0. The van der Waals surface area contributed by atoms with Crippen molar-refractivity contribution in [3.8, 4) is 11.4 Å². The third-order valence-electron chi connectivity index (χ3n) is 7.34. The zero-order chi connectivity index (χ0) is 24.4. The number of anilines is 1. The zero-order valence-corrected chi connectivity index (χ0v) is 21.7. The average molecular weight is 461 g/mol. The number of nitrogens with two attached hydrogens (primary N) is 1. The number of hydrogen-bond donors (Lipinski definition) is 1. The number of rotatable bonds is 4. The first kappa shape index (κ1) is 24.2. The van der Waals surface area contributed by atoms with E-state index in [9.17, 15) is 0 Å². The van der Waals surface area contributed by atoms with Gasteiger partial charge in [-0.2, -0.15) is 0 Å². The highest BCUT2D eigenvalue weighted by molar-refractivity contribution is 5.93. The van der Waals surface area contributed by atoms with Crippen molar-refractivity contribution in [1.82, 2.24) is 14.9 Å². The van der Waals surface area contributed by atoms with Crippen molar-refractivity contribution >= 4 is 11.7 Å². The van der Waals surface area contributed by atoms with E-state index in [1.54, 1.807) is 0 Å². The Bertz CT molecular complexity index is 1070. The van der Waals surface area contributed by atoms with Crippen LogP contribution in [-0.4, -0.2) is 47.4 Å². The van der Waals surface area contributed by atoms with E-state index in [0.29, 0.717) is 5.92 Å². The molecule has 1 fully saturated rings. The Morgan fingerprint density at radius 1 is 1.12 bits per heavy atom. The van der Waals surface area contributed by atoms with E-state index in [2.05, 4.69) is 67.6 Å². The molecule has 0 bridgehead atoms. The van der Waals surface area contributed by atoms with Gasteiger partial charge in [-0.15, -0.1) is 0 Å². The number of nitrogens with zero attached hydrogens (tertiary/aromatic N) is 5. The highest BCUT2D eigenvalue weighted by atomic mass is 15.2. The molecule has 6 nitrogen and oxygen atoms in total. The number of hydrogen-bond acceptors (Lipinski definition) is 5. The van der Waals surface area contributed by atoms with E-state index in [-0.39, 0.29) is 0 Å². The molecule has 2 aliphatic rings. The van der Waals surface area contributed by atoms with Crippen LogP contribution < -0.4 is 10.6 Å². The van der Waals surface area contributed by atoms with Gasteiger partial charge >= 0.3 is 0 Å². The van der Waals surface area contributed by atoms with Gasteiger partial charge < -0.3 is 15.5 Å². The Kier molecular flexibility index (Phi) is 7.24. The Balaban J connectivity index is 1.77. The molecule has 4 rings (SSSR count). The van der Waals surface area contributed by atoms with Crippen LogP contribution in [0.5, 0.6) is 0 Å². The van der Waals surface area contributed by atoms with Crippen LogP contribution in [0.25, 0.3) is 11.4 Å². The third kappa shape index (κ3) is 4.96. The van der Waals surface area contributed by atoms with Crippen molar-refractivity contribution in [1.29, 1.82) is 0 Å². The largest absolute Gasteiger partial charge is 0.402 e. The van der Waals surface area contributed by atoms with Gasteiger partial charge in [-0.25, -0.2) is 9.97 Å². The van der Waals surface area contributed by atoms with Crippen LogP contribution in [0.2, 0.25) is 0 Å². The molecule has 0 spiro atoms. The summed E-state index contributed by atoms with van der Waals surface area (Å²) in [5, 5.41) is 0. The van der Waals surface area contributed by atoms with Crippen LogP contribution in [0.15, 0.2) is 35.0 Å². The van der Waals surface area contributed by atoms with Crippen LogP contribution in [-0.2, 0) is 13.0 Å². The van der Waals surface area contributed by atoms with Gasteiger partial charge in [-0.05, 0) is 55.7 Å². The van der Waals surface area contributed by atoms with E-state index >= 15 is 0 Å². The normalized spacial score (nSPS) is 18.0. The highest BCUT2D eigenvalue weighted by Gasteiger charge is 2.28. The molecule has 0 atom stereocenters. The van der Waals surface area contributed by atoms with Crippen molar-refractivity contribution < 1.29 is 0 Å². The van der Waals surface area contributed by atoms with Gasteiger partial charge in [0.05, 0.1) is 5.69 Å². The van der Waals surface area contributed by atoms with Gasteiger partial charge in [0.25, 0.3) is 0 Å². The maximum absolute atomic E-state index is 6.29. The Morgan fingerprint density at radius 3 is 2.41 bits per heavy atom. The van der Waals surface area contributed by atoms with Gasteiger partial charge in [0.2, 0.25) is 0 Å². The standard InChI is InChI=1S/C28H40N6/c1-18(2)23(29)16-25(30-6)34-15-12-24-22(17-34)28(33-13-10-19(3)11-14-33)32-27(31-24)26-20(4)8-7-9-21(26)5/h7-9,16,18-19H,10-15,17,29H2,1-6H3. The monoisotopic (exact) mass is 460 g/mol. The quantitative estimate of drug-likeness (QED) is 0.520. The summed E-state index contributed by atoms with van der Waals surface area (Å²) in [6.45, 7) is 14.6. The molecule has 182 valence electrons. The molecule has 0 aliphatic carbocycles. The molecule has 2 N–H and O–H groups in total. The zero-order valence-electron chi connectivity index (χ0n) is 21.7. The van der Waals surface area contributed by atoms with E-state index in [4.69, 9.17) is 15.7 Å². The first-order valence-electron chi connectivity index (χ1n) is 12.7. The van der Waals surface area contributed by atoms with Crippen molar-refractivity contribution in [3.05, 3.63) is 52.4 Å². The summed E-state index contributed by atoms with van der Waals surface area (Å²) in [5.41, 5.74) is 13.2. The summed E-state index contributed by atoms with van der Waals surface area (Å²) < 4.78 is 0. The average Bonchev–Trinajstić information content (AvgIpc) is 2.82. The third-order valence-corrected chi connectivity index (χ3v) is 7.34. The predicted molar refractivity (Wildman–Crippen MR) is 142 cm³/mol. The second-order valence-corrected chi connectivity index (χ2v) is 10.3. The van der Waals surface area contributed by atoms with E-state index in [0.717, 1.165) is 61.7 Å².